The van der Waals surface area contributed by atoms with Crippen molar-refractivity contribution in [2.75, 3.05) is 46.2 Å². The molecule has 0 saturated carbocycles. The Hall–Kier alpha value is -2.12. The SMILES string of the molecule is CO[C@@H]1CCCN(C(=O)NCc2cccc(NC(=O)CN(C)C)c2)C1. The fourth-order valence-electron chi connectivity index (χ4n) is 2.85. The summed E-state index contributed by atoms with van der Waals surface area (Å²) in [5.41, 5.74) is 1.67. The predicted octanol–water partition coefficient (Wildman–Crippen LogP) is 1.51. The number of carbonyl (C=O) groups is 2. The normalized spacial score (nSPS) is 17.4. The Kier molecular flexibility index (Phi) is 7.21. The number of piperidine rings is 1. The molecule has 1 aromatic carbocycles. The van der Waals surface area contributed by atoms with Crippen LogP contribution < -0.4 is 10.6 Å². The number of ether oxygens (including phenoxy) is 1. The second-order valence-electron chi connectivity index (χ2n) is 6.59. The first kappa shape index (κ1) is 19.2. The largest absolute Gasteiger partial charge is 0.380 e. The van der Waals surface area contributed by atoms with Gasteiger partial charge < -0.3 is 25.2 Å². The van der Waals surface area contributed by atoms with Crippen molar-refractivity contribution < 1.29 is 14.3 Å². The number of rotatable bonds is 6. The molecule has 2 N–H and O–H groups in total. The summed E-state index contributed by atoms with van der Waals surface area (Å²) in [6.45, 7) is 2.14. The van der Waals surface area contributed by atoms with Gasteiger partial charge in [-0.15, -0.1) is 0 Å². The van der Waals surface area contributed by atoms with E-state index in [1.807, 2.05) is 43.3 Å². The number of anilines is 1. The molecule has 0 radical (unpaired) electrons. The average Bonchev–Trinajstić information content (AvgIpc) is 2.59. The maximum Gasteiger partial charge on any atom is 0.317 e. The van der Waals surface area contributed by atoms with Crippen LogP contribution in [0.2, 0.25) is 0 Å². The molecule has 138 valence electrons. The fourth-order valence-corrected chi connectivity index (χ4v) is 2.85. The highest BCUT2D eigenvalue weighted by atomic mass is 16.5. The third kappa shape index (κ3) is 6.36. The quantitative estimate of drug-likeness (QED) is 0.817. The Morgan fingerprint density at radius 1 is 1.36 bits per heavy atom. The zero-order valence-corrected chi connectivity index (χ0v) is 15.2. The van der Waals surface area contributed by atoms with E-state index in [1.54, 1.807) is 12.0 Å². The van der Waals surface area contributed by atoms with Crippen molar-refractivity contribution >= 4 is 17.6 Å². The summed E-state index contributed by atoms with van der Waals surface area (Å²) in [6, 6.07) is 7.43. The van der Waals surface area contributed by atoms with Crippen LogP contribution in [0, 0.1) is 0 Å². The number of urea groups is 1. The monoisotopic (exact) mass is 348 g/mol. The second-order valence-corrected chi connectivity index (χ2v) is 6.59. The highest BCUT2D eigenvalue weighted by Crippen LogP contribution is 2.13. The van der Waals surface area contributed by atoms with Gasteiger partial charge in [-0.05, 0) is 44.6 Å². The van der Waals surface area contributed by atoms with Crippen LogP contribution in [-0.4, -0.2) is 68.7 Å². The summed E-state index contributed by atoms with van der Waals surface area (Å²) in [4.78, 5) is 27.7. The molecule has 7 nitrogen and oxygen atoms in total. The van der Waals surface area contributed by atoms with E-state index >= 15 is 0 Å². The molecule has 0 bridgehead atoms. The molecule has 1 aliphatic heterocycles. The predicted molar refractivity (Wildman–Crippen MR) is 97.5 cm³/mol. The zero-order chi connectivity index (χ0) is 18.2. The van der Waals surface area contributed by atoms with Gasteiger partial charge in [0.2, 0.25) is 5.91 Å². The summed E-state index contributed by atoms with van der Waals surface area (Å²) in [5, 5.41) is 5.79. The summed E-state index contributed by atoms with van der Waals surface area (Å²) in [7, 11) is 5.38. The molecule has 0 aromatic heterocycles. The van der Waals surface area contributed by atoms with Crippen LogP contribution in [-0.2, 0) is 16.1 Å². The van der Waals surface area contributed by atoms with Gasteiger partial charge in [-0.25, -0.2) is 4.79 Å². The molecule has 1 heterocycles. The molecule has 1 fully saturated rings. The maximum atomic E-state index is 12.3. The molecule has 2 rings (SSSR count). The van der Waals surface area contributed by atoms with Crippen LogP contribution in [0.1, 0.15) is 18.4 Å². The van der Waals surface area contributed by atoms with Crippen molar-refractivity contribution in [2.24, 2.45) is 0 Å². The lowest BCUT2D eigenvalue weighted by atomic mass is 10.1. The Morgan fingerprint density at radius 3 is 2.88 bits per heavy atom. The summed E-state index contributed by atoms with van der Waals surface area (Å²) < 4.78 is 5.35. The van der Waals surface area contributed by atoms with Crippen LogP contribution in [0.3, 0.4) is 0 Å². The minimum Gasteiger partial charge on any atom is -0.380 e. The average molecular weight is 348 g/mol. The van der Waals surface area contributed by atoms with Crippen molar-refractivity contribution in [3.63, 3.8) is 0 Å². The van der Waals surface area contributed by atoms with Gasteiger partial charge in [0.1, 0.15) is 0 Å². The van der Waals surface area contributed by atoms with Crippen LogP contribution in [0.25, 0.3) is 0 Å². The van der Waals surface area contributed by atoms with Crippen LogP contribution >= 0.6 is 0 Å². The van der Waals surface area contributed by atoms with E-state index in [1.165, 1.54) is 0 Å². The maximum absolute atomic E-state index is 12.3. The number of likely N-dealkylation sites (tertiary alicyclic amines) is 1. The van der Waals surface area contributed by atoms with Gasteiger partial charge >= 0.3 is 6.03 Å². The summed E-state index contributed by atoms with van der Waals surface area (Å²) >= 11 is 0. The van der Waals surface area contributed by atoms with E-state index in [-0.39, 0.29) is 18.0 Å². The smallest absolute Gasteiger partial charge is 0.317 e. The van der Waals surface area contributed by atoms with Gasteiger partial charge in [0, 0.05) is 32.4 Å². The first-order chi connectivity index (χ1) is 12.0. The molecule has 1 saturated heterocycles. The molecular formula is C18H28N4O3. The summed E-state index contributed by atoms with van der Waals surface area (Å²) in [5.74, 6) is -0.0647. The van der Waals surface area contributed by atoms with Crippen LogP contribution in [0.4, 0.5) is 10.5 Å². The first-order valence-electron chi connectivity index (χ1n) is 8.57. The highest BCUT2D eigenvalue weighted by Gasteiger charge is 2.23. The van der Waals surface area contributed by atoms with Gasteiger partial charge in [-0.2, -0.15) is 0 Å². The fraction of sp³-hybridized carbons (Fsp3) is 0.556. The van der Waals surface area contributed by atoms with E-state index < -0.39 is 0 Å². The van der Waals surface area contributed by atoms with Crippen molar-refractivity contribution in [1.29, 1.82) is 0 Å². The van der Waals surface area contributed by atoms with Gasteiger partial charge in [0.05, 0.1) is 12.6 Å². The van der Waals surface area contributed by atoms with E-state index in [2.05, 4.69) is 10.6 Å². The van der Waals surface area contributed by atoms with Crippen molar-refractivity contribution in [2.45, 2.75) is 25.5 Å². The zero-order valence-electron chi connectivity index (χ0n) is 15.2. The standard InChI is InChI=1S/C18H28N4O3/c1-21(2)13-17(23)20-15-7-4-6-14(10-15)11-19-18(24)22-9-5-8-16(12-22)25-3/h4,6-7,10,16H,5,8-9,11-13H2,1-3H3,(H,19,24)(H,20,23)/t16-/m1/s1. The molecule has 7 heteroatoms. The van der Waals surface area contributed by atoms with Crippen molar-refractivity contribution in [3.8, 4) is 0 Å². The van der Waals surface area contributed by atoms with Gasteiger partial charge in [0.25, 0.3) is 0 Å². The Labute approximate surface area is 149 Å². The van der Waals surface area contributed by atoms with Crippen LogP contribution in [0.15, 0.2) is 24.3 Å². The minimum atomic E-state index is -0.0798. The third-order valence-corrected chi connectivity index (χ3v) is 4.11. The molecular weight excluding hydrogens is 320 g/mol. The number of hydrogen-bond donors (Lipinski definition) is 2. The molecule has 1 atom stereocenters. The van der Waals surface area contributed by atoms with Crippen molar-refractivity contribution in [3.05, 3.63) is 29.8 Å². The molecule has 0 unspecified atom stereocenters. The molecule has 3 amide bonds. The van der Waals surface area contributed by atoms with Gasteiger partial charge in [0.15, 0.2) is 0 Å². The number of methoxy groups -OCH3 is 1. The second kappa shape index (κ2) is 9.39. The van der Waals surface area contributed by atoms with E-state index in [0.717, 1.165) is 30.6 Å². The van der Waals surface area contributed by atoms with Crippen LogP contribution in [0.5, 0.6) is 0 Å². The highest BCUT2D eigenvalue weighted by molar-refractivity contribution is 5.92. The van der Waals surface area contributed by atoms with E-state index in [9.17, 15) is 9.59 Å². The molecule has 25 heavy (non-hydrogen) atoms. The number of carbonyl (C=O) groups excluding carboxylic acids is 2. The Bertz CT molecular complexity index is 591. The van der Waals surface area contributed by atoms with Crippen molar-refractivity contribution in [1.82, 2.24) is 15.1 Å². The van der Waals surface area contributed by atoms with Gasteiger partial charge in [-0.3, -0.25) is 4.79 Å². The number of benzene rings is 1. The van der Waals surface area contributed by atoms with E-state index in [0.29, 0.717) is 19.6 Å². The number of nitrogens with one attached hydrogen (secondary N) is 2. The summed E-state index contributed by atoms with van der Waals surface area (Å²) in [6.07, 6.45) is 2.07. The topological polar surface area (TPSA) is 73.9 Å². The molecule has 0 spiro atoms. The number of nitrogens with zero attached hydrogens (tertiary/aromatic N) is 2. The van der Waals surface area contributed by atoms with E-state index in [4.69, 9.17) is 4.74 Å². The van der Waals surface area contributed by atoms with Gasteiger partial charge in [-0.1, -0.05) is 12.1 Å². The number of amides is 3. The Balaban J connectivity index is 1.85. The number of likely N-dealkylation sites (N-methyl/N-ethyl adjacent to an activating group) is 1. The third-order valence-electron chi connectivity index (χ3n) is 4.11. The lowest BCUT2D eigenvalue weighted by Crippen LogP contribution is -2.47. The molecule has 0 aliphatic carbocycles. The molecule has 1 aliphatic rings. The molecule has 1 aromatic rings. The Morgan fingerprint density at radius 2 is 2.16 bits per heavy atom. The minimum absolute atomic E-state index is 0.0647. The number of hydrogen-bond acceptors (Lipinski definition) is 4. The lowest BCUT2D eigenvalue weighted by molar-refractivity contribution is -0.116. The lowest BCUT2D eigenvalue weighted by Gasteiger charge is -2.31. The first-order valence-corrected chi connectivity index (χ1v) is 8.57.